The smallest absolute Gasteiger partial charge is 0.342 e. The van der Waals surface area contributed by atoms with Crippen LogP contribution in [0.5, 0.6) is 5.75 Å². The van der Waals surface area contributed by atoms with Crippen molar-refractivity contribution >= 4 is 58.6 Å². The van der Waals surface area contributed by atoms with E-state index in [4.69, 9.17) is 4.74 Å². The van der Waals surface area contributed by atoms with Gasteiger partial charge in [-0.2, -0.15) is 13.8 Å². The number of piperidine rings is 3. The number of likely N-dealkylation sites (tertiary alicyclic amines) is 2. The van der Waals surface area contributed by atoms with Crippen molar-refractivity contribution in [2.45, 2.75) is 88.3 Å². The SMILES string of the molecule is COc1cc(C(=O)N2CCC(N3CCC(C#Cc4ccc5c(c4)C(=O)N(C4CCC(=O)NC4=O)C5=O)CC3)CC2)ccc1Nc1ncc2c(n1)N(C1CCCC1)CC(F)(F)C(=O)N2C. The Morgan fingerprint density at radius 2 is 1.62 bits per heavy atom. The third-order valence-corrected chi connectivity index (χ3v) is 13.5. The monoisotopic (exact) mass is 877 g/mol. The van der Waals surface area contributed by atoms with Crippen LogP contribution < -0.4 is 25.2 Å². The van der Waals surface area contributed by atoms with E-state index in [1.165, 1.54) is 20.4 Å². The van der Waals surface area contributed by atoms with E-state index < -0.39 is 48.0 Å². The number of nitrogens with one attached hydrogen (secondary N) is 2. The molecule has 16 nitrogen and oxygen atoms in total. The van der Waals surface area contributed by atoms with Crippen LogP contribution in [0.25, 0.3) is 0 Å². The Morgan fingerprint density at radius 3 is 2.34 bits per heavy atom. The van der Waals surface area contributed by atoms with Crippen LogP contribution >= 0.6 is 0 Å². The van der Waals surface area contributed by atoms with Crippen molar-refractivity contribution in [2.24, 2.45) is 5.92 Å². The number of fused-ring (bicyclic) bond motifs is 2. The summed E-state index contributed by atoms with van der Waals surface area (Å²) in [5, 5.41) is 5.35. The van der Waals surface area contributed by atoms with E-state index in [0.29, 0.717) is 41.7 Å². The molecule has 5 aliphatic heterocycles. The van der Waals surface area contributed by atoms with Crippen molar-refractivity contribution < 1.29 is 42.3 Å². The van der Waals surface area contributed by atoms with Gasteiger partial charge in [0.25, 0.3) is 23.6 Å². The van der Waals surface area contributed by atoms with Crippen LogP contribution in [0.15, 0.2) is 42.6 Å². The molecule has 9 rings (SSSR count). The van der Waals surface area contributed by atoms with Crippen LogP contribution in [-0.4, -0.2) is 131 Å². The minimum atomic E-state index is -3.58. The summed E-state index contributed by atoms with van der Waals surface area (Å²) in [5.41, 5.74) is 2.20. The fourth-order valence-corrected chi connectivity index (χ4v) is 9.91. The summed E-state index contributed by atoms with van der Waals surface area (Å²) in [6, 6.07) is 9.13. The van der Waals surface area contributed by atoms with Crippen molar-refractivity contribution in [3.05, 3.63) is 64.8 Å². The van der Waals surface area contributed by atoms with Crippen molar-refractivity contribution in [2.75, 3.05) is 62.0 Å². The van der Waals surface area contributed by atoms with Gasteiger partial charge in [0.1, 0.15) is 17.5 Å². The zero-order chi connectivity index (χ0) is 44.9. The second kappa shape index (κ2) is 17.2. The average molecular weight is 878 g/mol. The Hall–Kier alpha value is -6.48. The molecule has 1 saturated carbocycles. The Balaban J connectivity index is 0.783. The highest BCUT2D eigenvalue weighted by atomic mass is 19.3. The molecule has 0 spiro atoms. The number of carbonyl (C=O) groups is 6. The summed E-state index contributed by atoms with van der Waals surface area (Å²) in [7, 11) is 2.81. The highest BCUT2D eigenvalue weighted by molar-refractivity contribution is 6.23. The van der Waals surface area contributed by atoms with Gasteiger partial charge in [0.2, 0.25) is 17.8 Å². The molecular weight excluding hydrogens is 829 g/mol. The molecule has 6 aliphatic rings. The molecule has 2 aromatic carbocycles. The first-order valence-corrected chi connectivity index (χ1v) is 21.9. The summed E-state index contributed by atoms with van der Waals surface area (Å²) >= 11 is 0. The molecule has 0 radical (unpaired) electrons. The normalized spacial score (nSPS) is 22.2. The Kier molecular flexibility index (Phi) is 11.5. The van der Waals surface area contributed by atoms with Gasteiger partial charge in [0.15, 0.2) is 5.82 Å². The van der Waals surface area contributed by atoms with Gasteiger partial charge in [-0.1, -0.05) is 24.7 Å². The third kappa shape index (κ3) is 8.12. The highest BCUT2D eigenvalue weighted by Crippen LogP contribution is 2.40. The molecule has 18 heteroatoms. The molecule has 334 valence electrons. The number of hydrogen-bond acceptors (Lipinski definition) is 12. The Bertz CT molecular complexity index is 2490. The van der Waals surface area contributed by atoms with Crippen molar-refractivity contribution in [1.29, 1.82) is 0 Å². The summed E-state index contributed by atoms with van der Waals surface area (Å²) in [5.74, 6) is 0.338. The van der Waals surface area contributed by atoms with Crippen LogP contribution in [0.4, 0.5) is 31.9 Å². The second-order valence-corrected chi connectivity index (χ2v) is 17.4. The second-order valence-electron chi connectivity index (χ2n) is 17.4. The maximum absolute atomic E-state index is 15.1. The number of imide groups is 2. The molecule has 1 unspecified atom stereocenters. The van der Waals surface area contributed by atoms with Gasteiger partial charge in [-0.25, -0.2) is 4.98 Å². The summed E-state index contributed by atoms with van der Waals surface area (Å²) in [6.45, 7) is 2.18. The lowest BCUT2D eigenvalue weighted by molar-refractivity contribution is -0.140. The number of amides is 6. The number of methoxy groups -OCH3 is 1. The molecule has 64 heavy (non-hydrogen) atoms. The number of ether oxygens (including phenoxy) is 1. The summed E-state index contributed by atoms with van der Waals surface area (Å²) in [6.07, 6.45) is 8.23. The maximum atomic E-state index is 15.1. The molecule has 6 heterocycles. The van der Waals surface area contributed by atoms with Crippen LogP contribution in [-0.2, 0) is 14.4 Å². The zero-order valence-corrected chi connectivity index (χ0v) is 35.7. The van der Waals surface area contributed by atoms with Crippen LogP contribution in [0.2, 0.25) is 0 Å². The number of benzene rings is 2. The molecule has 3 saturated heterocycles. The molecule has 1 atom stereocenters. The van der Waals surface area contributed by atoms with E-state index in [0.717, 1.165) is 74.3 Å². The number of hydrogen-bond donors (Lipinski definition) is 2. The number of aromatic nitrogens is 2. The number of alkyl halides is 2. The molecular formula is C46H49F2N9O7. The standard InChI is InChI=1S/C46H49F2N9O7/c1-53-36-25-49-45(52-39(36)56(31-5-3-4-6-31)26-46(47,48)44(53)63)50-34-12-10-29(24-37(34)64-2)41(60)55-21-17-30(18-22-55)54-19-15-27(16-20-54)7-8-28-9-11-32-33(23-28)43(62)57(42(32)61)35-13-14-38(58)51-40(35)59/h9-12,23-25,27,30-31,35H,3-6,13-22,26H2,1-2H3,(H,49,50,52)(H,51,58,59). The third-order valence-electron chi connectivity index (χ3n) is 13.5. The molecule has 0 bridgehead atoms. The summed E-state index contributed by atoms with van der Waals surface area (Å²) < 4.78 is 35.8. The number of nitrogens with zero attached hydrogens (tertiary/aromatic N) is 7. The van der Waals surface area contributed by atoms with E-state index in [-0.39, 0.29) is 59.3 Å². The van der Waals surface area contributed by atoms with Gasteiger partial charge < -0.3 is 29.7 Å². The highest BCUT2D eigenvalue weighted by Gasteiger charge is 2.49. The van der Waals surface area contributed by atoms with Gasteiger partial charge in [-0.05, 0) is 94.4 Å². The fourth-order valence-electron chi connectivity index (χ4n) is 9.91. The van der Waals surface area contributed by atoms with E-state index in [9.17, 15) is 28.8 Å². The molecule has 3 aromatic rings. The predicted octanol–water partition coefficient (Wildman–Crippen LogP) is 4.36. The lowest BCUT2D eigenvalue weighted by Crippen LogP contribution is -2.54. The molecule has 2 N–H and O–H groups in total. The van der Waals surface area contributed by atoms with Crippen molar-refractivity contribution in [3.8, 4) is 17.6 Å². The number of rotatable bonds is 7. The molecule has 1 aromatic heterocycles. The van der Waals surface area contributed by atoms with Crippen molar-refractivity contribution in [3.63, 3.8) is 0 Å². The van der Waals surface area contributed by atoms with Gasteiger partial charge in [0.05, 0.1) is 36.7 Å². The van der Waals surface area contributed by atoms with Crippen LogP contribution in [0.3, 0.4) is 0 Å². The van der Waals surface area contributed by atoms with E-state index in [1.807, 2.05) is 4.90 Å². The molecule has 4 fully saturated rings. The first-order valence-electron chi connectivity index (χ1n) is 21.9. The topological polar surface area (TPSA) is 178 Å². The lowest BCUT2D eigenvalue weighted by atomic mass is 9.93. The first kappa shape index (κ1) is 42.8. The first-order chi connectivity index (χ1) is 30.8. The van der Waals surface area contributed by atoms with Crippen molar-refractivity contribution in [1.82, 2.24) is 30.0 Å². The van der Waals surface area contributed by atoms with Gasteiger partial charge >= 0.3 is 5.92 Å². The average Bonchev–Trinajstić information content (AvgIpc) is 3.91. The molecule has 6 amide bonds. The molecule has 1 aliphatic carbocycles. The summed E-state index contributed by atoms with van der Waals surface area (Å²) in [4.78, 5) is 93.5. The predicted molar refractivity (Wildman–Crippen MR) is 229 cm³/mol. The maximum Gasteiger partial charge on any atom is 0.342 e. The number of anilines is 4. The zero-order valence-electron chi connectivity index (χ0n) is 35.7. The van der Waals surface area contributed by atoms with E-state index in [1.54, 1.807) is 41.3 Å². The largest absolute Gasteiger partial charge is 0.495 e. The van der Waals surface area contributed by atoms with E-state index in [2.05, 4.69) is 37.3 Å². The van der Waals surface area contributed by atoms with Crippen LogP contribution in [0, 0.1) is 17.8 Å². The Labute approximate surface area is 368 Å². The van der Waals surface area contributed by atoms with Gasteiger partial charge in [-0.15, -0.1) is 0 Å². The van der Waals surface area contributed by atoms with E-state index >= 15 is 8.78 Å². The number of halogens is 2. The Morgan fingerprint density at radius 1 is 0.891 bits per heavy atom. The quantitative estimate of drug-likeness (QED) is 0.254. The number of carbonyl (C=O) groups excluding carboxylic acids is 6. The fraction of sp³-hybridized carbons (Fsp3) is 0.478. The minimum Gasteiger partial charge on any atom is -0.495 e. The van der Waals surface area contributed by atoms with Gasteiger partial charge in [-0.3, -0.25) is 39.0 Å². The van der Waals surface area contributed by atoms with Crippen LogP contribution in [0.1, 0.15) is 101 Å². The lowest BCUT2D eigenvalue weighted by Gasteiger charge is -2.41. The minimum absolute atomic E-state index is 0.0581. The van der Waals surface area contributed by atoms with Gasteiger partial charge in [0, 0.05) is 55.7 Å².